The summed E-state index contributed by atoms with van der Waals surface area (Å²) >= 11 is 0. The van der Waals surface area contributed by atoms with E-state index in [0.29, 0.717) is 12.8 Å². The molecule has 0 aliphatic carbocycles. The van der Waals surface area contributed by atoms with Crippen LogP contribution < -0.4 is 16.4 Å². The van der Waals surface area contributed by atoms with Crippen molar-refractivity contribution in [1.82, 2.24) is 15.5 Å². The molecule has 0 aromatic heterocycles. The van der Waals surface area contributed by atoms with Crippen molar-refractivity contribution < 1.29 is 34.5 Å². The molecule has 1 aliphatic rings. The van der Waals surface area contributed by atoms with Crippen molar-refractivity contribution in [1.29, 1.82) is 0 Å². The van der Waals surface area contributed by atoms with Crippen LogP contribution in [0, 0.1) is 5.92 Å². The Morgan fingerprint density at radius 2 is 1.71 bits per heavy atom. The van der Waals surface area contributed by atoms with Gasteiger partial charge in [-0.3, -0.25) is 14.4 Å². The minimum absolute atomic E-state index is 0.0968. The first-order valence-electron chi connectivity index (χ1n) is 11.3. The number of aliphatic hydroxyl groups is 1. The Hall–Kier alpha value is -3.18. The number of likely N-dealkylation sites (tertiary alicyclic amines) is 1. The highest BCUT2D eigenvalue weighted by Gasteiger charge is 2.40. The maximum atomic E-state index is 13.3. The number of hydrogen-bond acceptors (Lipinski definition) is 7. The molecule has 1 saturated heterocycles. The summed E-state index contributed by atoms with van der Waals surface area (Å²) in [5.41, 5.74) is 6.78. The van der Waals surface area contributed by atoms with Crippen molar-refractivity contribution in [2.75, 3.05) is 6.54 Å². The average Bonchev–Trinajstić information content (AvgIpc) is 3.26. The smallest absolute Gasteiger partial charge is 0.328 e. The number of rotatable bonds is 10. The molecule has 0 bridgehead atoms. The monoisotopic (exact) mass is 478 g/mol. The van der Waals surface area contributed by atoms with E-state index in [-0.39, 0.29) is 24.6 Å². The average molecular weight is 479 g/mol. The molecule has 0 unspecified atom stereocenters. The normalized spacial score (nSPS) is 19.2. The van der Waals surface area contributed by atoms with Gasteiger partial charge in [0.25, 0.3) is 0 Å². The Balaban J connectivity index is 2.08. The van der Waals surface area contributed by atoms with Crippen LogP contribution in [0.15, 0.2) is 24.3 Å². The van der Waals surface area contributed by atoms with E-state index in [4.69, 9.17) is 5.73 Å². The van der Waals surface area contributed by atoms with Gasteiger partial charge in [0.1, 0.15) is 17.8 Å². The van der Waals surface area contributed by atoms with Crippen molar-refractivity contribution in [3.05, 3.63) is 29.8 Å². The standard InChI is InChI=1S/C23H34N4O7/c1-12(2)18(25-20(30)16(24)11-14-6-8-15(29)9-7-14)22(32)27-10-4-5-17(27)21(31)26-19(13(3)28)23(33)34/h6-9,12-13,16-19,28-29H,4-5,10-11,24H2,1-3H3,(H,25,30)(H,26,31)(H,33,34)/t13-,16+,17+,18+,19+/m1/s1. The second-order valence-corrected chi connectivity index (χ2v) is 8.96. The van der Waals surface area contributed by atoms with Gasteiger partial charge in [0.15, 0.2) is 6.04 Å². The molecule has 7 N–H and O–H groups in total. The Morgan fingerprint density at radius 1 is 1.09 bits per heavy atom. The van der Waals surface area contributed by atoms with Gasteiger partial charge in [-0.05, 0) is 49.8 Å². The number of phenolic OH excluding ortho intramolecular Hbond substituents is 1. The number of nitrogens with one attached hydrogen (secondary N) is 2. The molecule has 1 fully saturated rings. The van der Waals surface area contributed by atoms with Crippen LogP contribution in [0.3, 0.4) is 0 Å². The van der Waals surface area contributed by atoms with Crippen LogP contribution in [0.5, 0.6) is 5.75 Å². The summed E-state index contributed by atoms with van der Waals surface area (Å²) in [6.45, 7) is 5.05. The maximum Gasteiger partial charge on any atom is 0.328 e. The summed E-state index contributed by atoms with van der Waals surface area (Å²) in [5.74, 6) is -3.24. The number of carboxylic acid groups (broad SMARTS) is 1. The first-order chi connectivity index (χ1) is 15.9. The zero-order valence-corrected chi connectivity index (χ0v) is 19.6. The second-order valence-electron chi connectivity index (χ2n) is 8.96. The van der Waals surface area contributed by atoms with Gasteiger partial charge in [-0.2, -0.15) is 0 Å². The molecule has 34 heavy (non-hydrogen) atoms. The molecule has 1 aliphatic heterocycles. The van der Waals surface area contributed by atoms with Crippen molar-refractivity contribution in [3.63, 3.8) is 0 Å². The minimum Gasteiger partial charge on any atom is -0.508 e. The van der Waals surface area contributed by atoms with Crippen LogP contribution >= 0.6 is 0 Å². The molecular formula is C23H34N4O7. The first kappa shape index (κ1) is 27.1. The third-order valence-electron chi connectivity index (χ3n) is 5.84. The molecule has 1 aromatic rings. The second kappa shape index (κ2) is 11.8. The Bertz CT molecular complexity index is 888. The lowest BCUT2D eigenvalue weighted by Gasteiger charge is -2.31. The van der Waals surface area contributed by atoms with Crippen molar-refractivity contribution in [3.8, 4) is 5.75 Å². The number of carboxylic acids is 1. The summed E-state index contributed by atoms with van der Waals surface area (Å²) in [4.78, 5) is 51.4. The molecule has 0 spiro atoms. The molecule has 1 aromatic carbocycles. The van der Waals surface area contributed by atoms with Gasteiger partial charge in [0.05, 0.1) is 12.1 Å². The van der Waals surface area contributed by atoms with Crippen LogP contribution in [-0.4, -0.2) is 80.7 Å². The fourth-order valence-corrected chi connectivity index (χ4v) is 3.87. The summed E-state index contributed by atoms with van der Waals surface area (Å²) in [5, 5.41) is 33.2. The SMILES string of the molecule is CC(C)[C@H](NC(=O)[C@@H](N)Cc1ccc(O)cc1)C(=O)N1CCC[C@H]1C(=O)N[C@H](C(=O)O)[C@@H](C)O. The number of aliphatic carboxylic acids is 1. The highest BCUT2D eigenvalue weighted by atomic mass is 16.4. The van der Waals surface area contributed by atoms with E-state index < -0.39 is 54.0 Å². The van der Waals surface area contributed by atoms with Gasteiger partial charge in [-0.25, -0.2) is 4.79 Å². The summed E-state index contributed by atoms with van der Waals surface area (Å²) in [7, 11) is 0. The van der Waals surface area contributed by atoms with E-state index in [0.717, 1.165) is 5.56 Å². The highest BCUT2D eigenvalue weighted by molar-refractivity contribution is 5.94. The number of carbonyl (C=O) groups is 4. The molecule has 3 amide bonds. The van der Waals surface area contributed by atoms with Crippen LogP contribution in [0.25, 0.3) is 0 Å². The molecule has 0 radical (unpaired) electrons. The fraction of sp³-hybridized carbons (Fsp3) is 0.565. The number of hydrogen-bond donors (Lipinski definition) is 6. The third kappa shape index (κ3) is 6.91. The van der Waals surface area contributed by atoms with E-state index in [1.54, 1.807) is 26.0 Å². The Morgan fingerprint density at radius 3 is 2.24 bits per heavy atom. The number of nitrogens with two attached hydrogens (primary N) is 1. The minimum atomic E-state index is -1.50. The predicted molar refractivity (Wildman–Crippen MR) is 123 cm³/mol. The predicted octanol–water partition coefficient (Wildman–Crippen LogP) is -0.656. The van der Waals surface area contributed by atoms with Crippen LogP contribution in [-0.2, 0) is 25.6 Å². The van der Waals surface area contributed by atoms with Gasteiger partial charge in [0, 0.05) is 6.54 Å². The topological polar surface area (TPSA) is 182 Å². The molecule has 188 valence electrons. The molecule has 0 saturated carbocycles. The molecule has 11 heteroatoms. The molecular weight excluding hydrogens is 444 g/mol. The number of carbonyl (C=O) groups excluding carboxylic acids is 3. The first-order valence-corrected chi connectivity index (χ1v) is 11.3. The summed E-state index contributed by atoms with van der Waals surface area (Å²) in [6, 6.07) is 2.02. The lowest BCUT2D eigenvalue weighted by molar-refractivity contribution is -0.147. The number of aliphatic hydroxyl groups excluding tert-OH is 1. The van der Waals surface area contributed by atoms with Crippen LogP contribution in [0.1, 0.15) is 39.2 Å². The van der Waals surface area contributed by atoms with E-state index in [9.17, 15) is 34.5 Å². The third-order valence-corrected chi connectivity index (χ3v) is 5.84. The number of benzene rings is 1. The van der Waals surface area contributed by atoms with E-state index in [2.05, 4.69) is 10.6 Å². The van der Waals surface area contributed by atoms with E-state index >= 15 is 0 Å². The van der Waals surface area contributed by atoms with Crippen molar-refractivity contribution >= 4 is 23.7 Å². The van der Waals surface area contributed by atoms with Gasteiger partial charge < -0.3 is 36.6 Å². The Kier molecular flexibility index (Phi) is 9.39. The summed E-state index contributed by atoms with van der Waals surface area (Å²) < 4.78 is 0. The van der Waals surface area contributed by atoms with Crippen molar-refractivity contribution in [2.45, 2.75) is 70.3 Å². The Labute approximate surface area is 198 Å². The molecule has 2 rings (SSSR count). The van der Waals surface area contributed by atoms with E-state index in [1.165, 1.54) is 24.0 Å². The highest BCUT2D eigenvalue weighted by Crippen LogP contribution is 2.21. The zero-order valence-electron chi connectivity index (χ0n) is 19.6. The lowest BCUT2D eigenvalue weighted by atomic mass is 10.00. The zero-order chi connectivity index (χ0) is 25.6. The molecule has 5 atom stereocenters. The van der Waals surface area contributed by atoms with Gasteiger partial charge >= 0.3 is 5.97 Å². The molecule has 1 heterocycles. The van der Waals surface area contributed by atoms with E-state index in [1.807, 2.05) is 0 Å². The number of phenols is 1. The van der Waals surface area contributed by atoms with Gasteiger partial charge in [0.2, 0.25) is 17.7 Å². The number of aromatic hydroxyl groups is 1. The van der Waals surface area contributed by atoms with Gasteiger partial charge in [-0.1, -0.05) is 26.0 Å². The fourth-order valence-electron chi connectivity index (χ4n) is 3.87. The molecule has 11 nitrogen and oxygen atoms in total. The lowest BCUT2D eigenvalue weighted by Crippen LogP contribution is -2.59. The maximum absolute atomic E-state index is 13.3. The van der Waals surface area contributed by atoms with Crippen LogP contribution in [0.4, 0.5) is 0 Å². The van der Waals surface area contributed by atoms with Crippen molar-refractivity contribution in [2.24, 2.45) is 11.7 Å². The van der Waals surface area contributed by atoms with Gasteiger partial charge in [-0.15, -0.1) is 0 Å². The number of nitrogens with zero attached hydrogens (tertiary/aromatic N) is 1. The largest absolute Gasteiger partial charge is 0.508 e. The number of amides is 3. The quantitative estimate of drug-likeness (QED) is 0.256. The summed E-state index contributed by atoms with van der Waals surface area (Å²) in [6.07, 6.45) is -0.238. The van der Waals surface area contributed by atoms with Crippen LogP contribution in [0.2, 0.25) is 0 Å².